The van der Waals surface area contributed by atoms with Gasteiger partial charge in [0.25, 0.3) is 0 Å². The molecule has 0 saturated carbocycles. The Morgan fingerprint density at radius 3 is 2.50 bits per heavy atom. The first kappa shape index (κ1) is 14.7. The van der Waals surface area contributed by atoms with Crippen LogP contribution in [0.15, 0.2) is 12.5 Å². The van der Waals surface area contributed by atoms with Gasteiger partial charge in [-0.05, 0) is 27.7 Å². The Hall–Kier alpha value is -1.67. The van der Waals surface area contributed by atoms with Crippen molar-refractivity contribution in [3.63, 3.8) is 0 Å². The zero-order valence-corrected chi connectivity index (χ0v) is 12.0. The summed E-state index contributed by atoms with van der Waals surface area (Å²) in [5.74, 6) is -0.565. The van der Waals surface area contributed by atoms with E-state index in [1.165, 1.54) is 6.33 Å². The Labute approximate surface area is 117 Å². The summed E-state index contributed by atoms with van der Waals surface area (Å²) in [6.07, 6.45) is 2.91. The van der Waals surface area contributed by atoms with Crippen molar-refractivity contribution in [1.82, 2.24) is 9.97 Å². The minimum atomic E-state index is -0.969. The normalized spacial score (nSPS) is 19.9. The molecule has 1 saturated heterocycles. The maximum Gasteiger partial charge on any atom is 0.500 e. The predicted molar refractivity (Wildman–Crippen MR) is 73.9 cm³/mol. The van der Waals surface area contributed by atoms with Crippen LogP contribution in [-0.4, -0.2) is 45.9 Å². The van der Waals surface area contributed by atoms with E-state index >= 15 is 0 Å². The fourth-order valence-corrected chi connectivity index (χ4v) is 1.79. The SMILES string of the molecule is CC1(C)OB(c2cncnc2NCC(=O)O)OC1(C)C. The van der Waals surface area contributed by atoms with Crippen molar-refractivity contribution in [3.8, 4) is 0 Å². The van der Waals surface area contributed by atoms with Crippen molar-refractivity contribution in [2.24, 2.45) is 0 Å². The van der Waals surface area contributed by atoms with Gasteiger partial charge in [-0.3, -0.25) is 4.79 Å². The molecule has 0 spiro atoms. The first-order valence-corrected chi connectivity index (χ1v) is 6.34. The fourth-order valence-electron chi connectivity index (χ4n) is 1.79. The lowest BCUT2D eigenvalue weighted by Gasteiger charge is -2.32. The van der Waals surface area contributed by atoms with Crippen molar-refractivity contribution >= 4 is 24.4 Å². The Balaban J connectivity index is 2.24. The summed E-state index contributed by atoms with van der Waals surface area (Å²) in [5.41, 5.74) is -0.359. The van der Waals surface area contributed by atoms with Crippen molar-refractivity contribution < 1.29 is 19.2 Å². The second-order valence-electron chi connectivity index (χ2n) is 5.66. The van der Waals surface area contributed by atoms with Gasteiger partial charge < -0.3 is 19.7 Å². The highest BCUT2D eigenvalue weighted by atomic mass is 16.7. The highest BCUT2D eigenvalue weighted by Crippen LogP contribution is 2.36. The van der Waals surface area contributed by atoms with Crippen LogP contribution < -0.4 is 10.8 Å². The summed E-state index contributed by atoms with van der Waals surface area (Å²) in [6.45, 7) is 7.55. The molecule has 7 nitrogen and oxygen atoms in total. The van der Waals surface area contributed by atoms with Crippen molar-refractivity contribution in [2.75, 3.05) is 11.9 Å². The zero-order valence-electron chi connectivity index (χ0n) is 12.0. The summed E-state index contributed by atoms with van der Waals surface area (Å²) in [4.78, 5) is 18.6. The van der Waals surface area contributed by atoms with Gasteiger partial charge in [0.2, 0.25) is 0 Å². The largest absolute Gasteiger partial charge is 0.500 e. The van der Waals surface area contributed by atoms with E-state index in [2.05, 4.69) is 15.3 Å². The van der Waals surface area contributed by atoms with Gasteiger partial charge in [0.05, 0.1) is 11.2 Å². The van der Waals surface area contributed by atoms with Gasteiger partial charge in [-0.1, -0.05) is 0 Å². The maximum absolute atomic E-state index is 10.6. The van der Waals surface area contributed by atoms with Gasteiger partial charge in [-0.2, -0.15) is 0 Å². The van der Waals surface area contributed by atoms with Crippen molar-refractivity contribution in [3.05, 3.63) is 12.5 Å². The third-order valence-corrected chi connectivity index (χ3v) is 3.65. The number of hydrogen-bond acceptors (Lipinski definition) is 6. The minimum absolute atomic E-state index is 0.233. The molecule has 0 radical (unpaired) electrons. The lowest BCUT2D eigenvalue weighted by Crippen LogP contribution is -2.41. The highest BCUT2D eigenvalue weighted by molar-refractivity contribution is 6.63. The van der Waals surface area contributed by atoms with Crippen LogP contribution in [0.3, 0.4) is 0 Å². The van der Waals surface area contributed by atoms with Crippen LogP contribution in [0.25, 0.3) is 0 Å². The Morgan fingerprint density at radius 1 is 1.35 bits per heavy atom. The zero-order chi connectivity index (χ0) is 15.0. The van der Waals surface area contributed by atoms with E-state index in [0.717, 1.165) is 0 Å². The molecular weight excluding hydrogens is 261 g/mol. The smallest absolute Gasteiger partial charge is 0.480 e. The van der Waals surface area contributed by atoms with E-state index < -0.39 is 24.3 Å². The van der Waals surface area contributed by atoms with Gasteiger partial charge in [0, 0.05) is 11.7 Å². The molecule has 1 aliphatic rings. The minimum Gasteiger partial charge on any atom is -0.480 e. The lowest BCUT2D eigenvalue weighted by atomic mass is 9.80. The van der Waals surface area contributed by atoms with Crippen molar-refractivity contribution in [1.29, 1.82) is 0 Å². The van der Waals surface area contributed by atoms with Gasteiger partial charge in [0.15, 0.2) is 0 Å². The van der Waals surface area contributed by atoms with E-state index in [4.69, 9.17) is 14.4 Å². The predicted octanol–water partition coefficient (Wildman–Crippen LogP) is 0.272. The molecule has 20 heavy (non-hydrogen) atoms. The monoisotopic (exact) mass is 279 g/mol. The number of aliphatic carboxylic acids is 1. The van der Waals surface area contributed by atoms with E-state index in [1.807, 2.05) is 27.7 Å². The number of carboxylic acids is 1. The van der Waals surface area contributed by atoms with Crippen LogP contribution in [-0.2, 0) is 14.1 Å². The number of rotatable bonds is 4. The number of carbonyl (C=O) groups is 1. The number of aromatic nitrogens is 2. The average Bonchev–Trinajstić information content (AvgIpc) is 2.56. The van der Waals surface area contributed by atoms with Crippen LogP contribution in [0.2, 0.25) is 0 Å². The third kappa shape index (κ3) is 2.76. The lowest BCUT2D eigenvalue weighted by molar-refractivity contribution is -0.134. The number of hydrogen-bond donors (Lipinski definition) is 2. The van der Waals surface area contributed by atoms with Gasteiger partial charge in [-0.25, -0.2) is 9.97 Å². The molecule has 2 rings (SSSR count). The molecule has 0 aliphatic carbocycles. The van der Waals surface area contributed by atoms with Gasteiger partial charge >= 0.3 is 13.1 Å². The maximum atomic E-state index is 10.6. The molecule has 1 fully saturated rings. The molecule has 1 aromatic heterocycles. The van der Waals surface area contributed by atoms with Crippen LogP contribution in [0, 0.1) is 0 Å². The second-order valence-corrected chi connectivity index (χ2v) is 5.66. The summed E-state index contributed by atoms with van der Waals surface area (Å²) < 4.78 is 11.8. The third-order valence-electron chi connectivity index (χ3n) is 3.65. The number of carboxylic acid groups (broad SMARTS) is 1. The number of nitrogens with zero attached hydrogens (tertiary/aromatic N) is 2. The van der Waals surface area contributed by atoms with Crippen LogP contribution >= 0.6 is 0 Å². The van der Waals surface area contributed by atoms with Crippen molar-refractivity contribution in [2.45, 2.75) is 38.9 Å². The van der Waals surface area contributed by atoms with Gasteiger partial charge in [-0.15, -0.1) is 0 Å². The molecule has 2 N–H and O–H groups in total. The standard InChI is InChI=1S/C12H18BN3O4/c1-11(2)12(3,4)20-13(19-11)8-5-14-7-16-10(8)15-6-9(17)18/h5,7H,6H2,1-4H3,(H,17,18)(H,14,15,16). The Morgan fingerprint density at radius 2 is 1.95 bits per heavy atom. The summed E-state index contributed by atoms with van der Waals surface area (Å²) in [7, 11) is -0.627. The number of nitrogens with one attached hydrogen (secondary N) is 1. The molecule has 8 heteroatoms. The topological polar surface area (TPSA) is 93.6 Å². The second kappa shape index (κ2) is 5.03. The first-order valence-electron chi connectivity index (χ1n) is 6.34. The molecule has 2 heterocycles. The molecule has 1 aliphatic heterocycles. The number of anilines is 1. The molecule has 0 atom stereocenters. The molecule has 0 amide bonds. The fraction of sp³-hybridized carbons (Fsp3) is 0.583. The van der Waals surface area contributed by atoms with E-state index in [0.29, 0.717) is 11.3 Å². The quantitative estimate of drug-likeness (QED) is 0.764. The van der Waals surface area contributed by atoms with E-state index in [-0.39, 0.29) is 6.54 Å². The van der Waals surface area contributed by atoms with Crippen LogP contribution in [0.4, 0.5) is 5.82 Å². The first-order chi connectivity index (χ1) is 9.23. The molecular formula is C12H18BN3O4. The molecule has 0 aromatic carbocycles. The molecule has 1 aromatic rings. The van der Waals surface area contributed by atoms with Crippen LogP contribution in [0.5, 0.6) is 0 Å². The Bertz CT molecular complexity index is 505. The Kier molecular flexibility index (Phi) is 3.70. The average molecular weight is 279 g/mol. The summed E-state index contributed by atoms with van der Waals surface area (Å²) in [5, 5.41) is 11.5. The molecule has 0 bridgehead atoms. The van der Waals surface area contributed by atoms with E-state index in [1.54, 1.807) is 6.20 Å². The highest BCUT2D eigenvalue weighted by Gasteiger charge is 2.52. The van der Waals surface area contributed by atoms with Crippen LogP contribution in [0.1, 0.15) is 27.7 Å². The van der Waals surface area contributed by atoms with Gasteiger partial charge in [0.1, 0.15) is 18.7 Å². The van der Waals surface area contributed by atoms with E-state index in [9.17, 15) is 4.79 Å². The summed E-state index contributed by atoms with van der Waals surface area (Å²) in [6, 6.07) is 0. The summed E-state index contributed by atoms with van der Waals surface area (Å²) >= 11 is 0. The molecule has 0 unspecified atom stereocenters. The molecule has 108 valence electrons.